The lowest BCUT2D eigenvalue weighted by atomic mass is 9.90. The van der Waals surface area contributed by atoms with E-state index < -0.39 is 5.92 Å². The predicted molar refractivity (Wildman–Crippen MR) is 99.1 cm³/mol. The van der Waals surface area contributed by atoms with Crippen LogP contribution in [0.5, 0.6) is 0 Å². The van der Waals surface area contributed by atoms with Crippen LogP contribution in [0.15, 0.2) is 73.6 Å². The zero-order valence-electron chi connectivity index (χ0n) is 13.0. The lowest BCUT2D eigenvalue weighted by Gasteiger charge is -2.11. The molecule has 1 aliphatic rings. The number of para-hydroxylation sites is 1. The SMILES string of the molecule is O=C(C1=NNCC1c1coc2ccccc2c1=O)c1ccc(Br)cc1. The second-order valence-electron chi connectivity index (χ2n) is 5.76. The van der Waals surface area contributed by atoms with Gasteiger partial charge in [-0.25, -0.2) is 0 Å². The quantitative estimate of drug-likeness (QED) is 0.687. The number of rotatable bonds is 3. The fraction of sp³-hybridized carbons (Fsp3) is 0.105. The van der Waals surface area contributed by atoms with Crippen molar-refractivity contribution in [3.63, 3.8) is 0 Å². The third-order valence-corrected chi connectivity index (χ3v) is 4.77. The predicted octanol–water partition coefficient (Wildman–Crippen LogP) is 3.48. The minimum Gasteiger partial charge on any atom is -0.464 e. The zero-order chi connectivity index (χ0) is 17.4. The summed E-state index contributed by atoms with van der Waals surface area (Å²) in [5.41, 5.74) is 4.52. The van der Waals surface area contributed by atoms with Crippen molar-refractivity contribution < 1.29 is 9.21 Å². The number of nitrogens with zero attached hydrogens (tertiary/aromatic N) is 1. The number of carbonyl (C=O) groups is 1. The first-order chi connectivity index (χ1) is 12.1. The van der Waals surface area contributed by atoms with E-state index in [0.29, 0.717) is 34.4 Å². The maximum Gasteiger partial charge on any atom is 0.209 e. The maximum atomic E-state index is 12.8. The zero-order valence-corrected chi connectivity index (χ0v) is 14.6. The molecule has 0 spiro atoms. The van der Waals surface area contributed by atoms with E-state index in [0.717, 1.165) is 4.47 Å². The van der Waals surface area contributed by atoms with Gasteiger partial charge in [0.2, 0.25) is 5.78 Å². The molecule has 0 saturated heterocycles. The average molecular weight is 397 g/mol. The lowest BCUT2D eigenvalue weighted by molar-refractivity contribution is 0.106. The van der Waals surface area contributed by atoms with Gasteiger partial charge >= 0.3 is 0 Å². The van der Waals surface area contributed by atoms with Crippen molar-refractivity contribution >= 4 is 38.4 Å². The smallest absolute Gasteiger partial charge is 0.209 e. The van der Waals surface area contributed by atoms with Crippen molar-refractivity contribution in [2.24, 2.45) is 5.10 Å². The van der Waals surface area contributed by atoms with Crippen molar-refractivity contribution in [2.75, 3.05) is 6.54 Å². The summed E-state index contributed by atoms with van der Waals surface area (Å²) in [6.45, 7) is 0.390. The minimum atomic E-state index is -0.433. The monoisotopic (exact) mass is 396 g/mol. The van der Waals surface area contributed by atoms with Gasteiger partial charge in [0.25, 0.3) is 0 Å². The molecule has 124 valence electrons. The number of Topliss-reactive ketones (excluding diaryl/α,β-unsaturated/α-hetero) is 1. The molecule has 1 aliphatic heterocycles. The van der Waals surface area contributed by atoms with E-state index in [4.69, 9.17) is 4.42 Å². The first-order valence-electron chi connectivity index (χ1n) is 7.76. The number of halogens is 1. The summed E-state index contributed by atoms with van der Waals surface area (Å²) < 4.78 is 6.48. The standard InChI is InChI=1S/C19H13BrN2O3/c20-12-7-5-11(6-8-12)18(23)17-14(9-21-22-17)15-10-25-16-4-2-1-3-13(16)19(15)24/h1-8,10,14,21H,9H2. The van der Waals surface area contributed by atoms with Crippen molar-refractivity contribution in [1.82, 2.24) is 5.43 Å². The summed E-state index contributed by atoms with van der Waals surface area (Å²) in [5.74, 6) is -0.632. The van der Waals surface area contributed by atoms with E-state index in [-0.39, 0.29) is 11.2 Å². The number of hydrogen-bond acceptors (Lipinski definition) is 5. The van der Waals surface area contributed by atoms with Gasteiger partial charge in [-0.3, -0.25) is 9.59 Å². The van der Waals surface area contributed by atoms with E-state index in [1.807, 2.05) is 6.07 Å². The second kappa shape index (κ2) is 6.29. The number of hydrogen-bond donors (Lipinski definition) is 1. The summed E-state index contributed by atoms with van der Waals surface area (Å²) in [5, 5.41) is 4.64. The molecule has 1 aromatic heterocycles. The number of benzene rings is 2. The van der Waals surface area contributed by atoms with E-state index in [1.54, 1.807) is 42.5 Å². The summed E-state index contributed by atoms with van der Waals surface area (Å²) in [4.78, 5) is 25.6. The fourth-order valence-electron chi connectivity index (χ4n) is 2.95. The van der Waals surface area contributed by atoms with Crippen LogP contribution in [0.4, 0.5) is 0 Å². The molecule has 0 bridgehead atoms. The highest BCUT2D eigenvalue weighted by molar-refractivity contribution is 9.10. The Morgan fingerprint density at radius 3 is 2.72 bits per heavy atom. The van der Waals surface area contributed by atoms with E-state index in [9.17, 15) is 9.59 Å². The van der Waals surface area contributed by atoms with Crippen LogP contribution in [-0.2, 0) is 0 Å². The molecule has 1 N–H and O–H groups in total. The van der Waals surface area contributed by atoms with Gasteiger partial charge in [-0.1, -0.05) is 28.1 Å². The summed E-state index contributed by atoms with van der Waals surface area (Å²) in [6, 6.07) is 14.1. The van der Waals surface area contributed by atoms with Crippen LogP contribution >= 0.6 is 15.9 Å². The molecule has 5 nitrogen and oxygen atoms in total. The molecule has 1 unspecified atom stereocenters. The summed E-state index contributed by atoms with van der Waals surface area (Å²) in [7, 11) is 0. The van der Waals surface area contributed by atoms with Crippen LogP contribution < -0.4 is 10.9 Å². The minimum absolute atomic E-state index is 0.133. The van der Waals surface area contributed by atoms with E-state index >= 15 is 0 Å². The summed E-state index contributed by atoms with van der Waals surface area (Å²) >= 11 is 3.35. The van der Waals surface area contributed by atoms with Gasteiger partial charge in [0.05, 0.1) is 17.6 Å². The van der Waals surface area contributed by atoms with Crippen molar-refractivity contribution in [1.29, 1.82) is 0 Å². The fourth-order valence-corrected chi connectivity index (χ4v) is 3.21. The number of fused-ring (bicyclic) bond motifs is 1. The molecule has 1 atom stereocenters. The highest BCUT2D eigenvalue weighted by atomic mass is 79.9. The molecule has 2 aromatic carbocycles. The Morgan fingerprint density at radius 2 is 1.92 bits per heavy atom. The van der Waals surface area contributed by atoms with Gasteiger partial charge in [0.1, 0.15) is 11.3 Å². The highest BCUT2D eigenvalue weighted by Gasteiger charge is 2.32. The normalized spacial score (nSPS) is 16.5. The van der Waals surface area contributed by atoms with Crippen molar-refractivity contribution in [3.05, 3.63) is 80.6 Å². The second-order valence-corrected chi connectivity index (χ2v) is 6.68. The molecule has 0 saturated carbocycles. The first-order valence-corrected chi connectivity index (χ1v) is 8.55. The molecule has 3 aromatic rings. The third-order valence-electron chi connectivity index (χ3n) is 4.25. The Bertz CT molecular complexity index is 1050. The Kier molecular flexibility index (Phi) is 3.97. The number of hydrazone groups is 1. The molecular weight excluding hydrogens is 384 g/mol. The van der Waals surface area contributed by atoms with Crippen molar-refractivity contribution in [2.45, 2.75) is 5.92 Å². The van der Waals surface area contributed by atoms with Crippen molar-refractivity contribution in [3.8, 4) is 0 Å². The van der Waals surface area contributed by atoms with Crippen LogP contribution in [0, 0.1) is 0 Å². The molecule has 4 rings (SSSR count). The molecule has 2 heterocycles. The number of nitrogens with one attached hydrogen (secondary N) is 1. The largest absolute Gasteiger partial charge is 0.464 e. The van der Waals surface area contributed by atoms with Crippen LogP contribution in [0.1, 0.15) is 21.8 Å². The highest BCUT2D eigenvalue weighted by Crippen LogP contribution is 2.23. The Morgan fingerprint density at radius 1 is 1.16 bits per heavy atom. The Hall–Kier alpha value is -2.73. The molecule has 6 heteroatoms. The Labute approximate surface area is 151 Å². The molecular formula is C19H13BrN2O3. The van der Waals surface area contributed by atoms with Gasteiger partial charge in [-0.05, 0) is 36.4 Å². The van der Waals surface area contributed by atoms with Gasteiger partial charge in [0.15, 0.2) is 5.43 Å². The van der Waals surface area contributed by atoms with Gasteiger partial charge in [0, 0.05) is 22.1 Å². The van der Waals surface area contributed by atoms with Crippen LogP contribution in [0.25, 0.3) is 11.0 Å². The first kappa shape index (κ1) is 15.8. The lowest BCUT2D eigenvalue weighted by Crippen LogP contribution is -2.26. The number of ketones is 1. The Balaban J connectivity index is 1.75. The molecule has 0 radical (unpaired) electrons. The third kappa shape index (κ3) is 2.78. The average Bonchev–Trinajstić information content (AvgIpc) is 3.12. The van der Waals surface area contributed by atoms with Gasteiger partial charge in [-0.2, -0.15) is 5.10 Å². The molecule has 25 heavy (non-hydrogen) atoms. The maximum absolute atomic E-state index is 12.8. The van der Waals surface area contributed by atoms with E-state index in [2.05, 4.69) is 26.5 Å². The summed E-state index contributed by atoms with van der Waals surface area (Å²) in [6.07, 6.45) is 1.44. The van der Waals surface area contributed by atoms with Crippen LogP contribution in [-0.4, -0.2) is 18.0 Å². The molecule has 0 amide bonds. The van der Waals surface area contributed by atoms with Crippen LogP contribution in [0.3, 0.4) is 0 Å². The number of carbonyl (C=O) groups excluding carboxylic acids is 1. The van der Waals surface area contributed by atoms with Crippen LogP contribution in [0.2, 0.25) is 0 Å². The van der Waals surface area contributed by atoms with E-state index in [1.165, 1.54) is 6.26 Å². The van der Waals surface area contributed by atoms with Gasteiger partial charge in [-0.15, -0.1) is 0 Å². The molecule has 0 aliphatic carbocycles. The topological polar surface area (TPSA) is 71.7 Å². The van der Waals surface area contributed by atoms with Gasteiger partial charge < -0.3 is 9.84 Å². The molecule has 0 fully saturated rings.